The van der Waals surface area contributed by atoms with Crippen LogP contribution >= 0.6 is 0 Å². The van der Waals surface area contributed by atoms with Crippen LogP contribution in [0.1, 0.15) is 61.5 Å². The molecule has 2 heterocycles. The van der Waals surface area contributed by atoms with E-state index in [-0.39, 0.29) is 11.2 Å². The maximum Gasteiger partial charge on any atom is 0.185 e. The van der Waals surface area contributed by atoms with E-state index in [1.165, 1.54) is 16.7 Å². The van der Waals surface area contributed by atoms with E-state index >= 15 is 0 Å². The van der Waals surface area contributed by atoms with E-state index in [1.807, 2.05) is 12.1 Å². The topological polar surface area (TPSA) is 32.3 Å². The van der Waals surface area contributed by atoms with Gasteiger partial charge >= 0.3 is 0 Å². The summed E-state index contributed by atoms with van der Waals surface area (Å²) in [5, 5.41) is 3.61. The van der Waals surface area contributed by atoms with E-state index < -0.39 is 0 Å². The van der Waals surface area contributed by atoms with Gasteiger partial charge in [0.2, 0.25) is 0 Å². The van der Waals surface area contributed by atoms with E-state index in [1.54, 1.807) is 6.08 Å². The van der Waals surface area contributed by atoms with Gasteiger partial charge in [0, 0.05) is 24.7 Å². The zero-order valence-electron chi connectivity index (χ0n) is 20.4. The molecule has 0 spiro atoms. The van der Waals surface area contributed by atoms with Crippen molar-refractivity contribution < 1.29 is 4.79 Å². The fourth-order valence-corrected chi connectivity index (χ4v) is 4.86. The number of hydrogen-bond acceptors (Lipinski definition) is 3. The Morgan fingerprint density at radius 1 is 1.03 bits per heavy atom. The van der Waals surface area contributed by atoms with E-state index in [9.17, 15) is 4.79 Å². The van der Waals surface area contributed by atoms with E-state index in [4.69, 9.17) is 0 Å². The Balaban J connectivity index is 1.28. The van der Waals surface area contributed by atoms with Crippen LogP contribution in [0.2, 0.25) is 0 Å². The summed E-state index contributed by atoms with van der Waals surface area (Å²) in [6, 6.07) is 19.3. The smallest absolute Gasteiger partial charge is 0.185 e. The maximum absolute atomic E-state index is 12.7. The lowest BCUT2D eigenvalue weighted by molar-refractivity contribution is 0.104. The number of carbonyl (C=O) groups is 1. The first-order valence-electron chi connectivity index (χ1n) is 12.4. The molecule has 0 amide bonds. The lowest BCUT2D eigenvalue weighted by Crippen LogP contribution is -2.42. The minimum Gasteiger partial charge on any atom is -0.310 e. The predicted molar refractivity (Wildman–Crippen MR) is 138 cm³/mol. The highest BCUT2D eigenvalue weighted by atomic mass is 16.1. The molecule has 0 saturated carbocycles. The molecule has 0 bridgehead atoms. The quantitative estimate of drug-likeness (QED) is 0.431. The maximum atomic E-state index is 12.7. The summed E-state index contributed by atoms with van der Waals surface area (Å²) in [4.78, 5) is 15.3. The average molecular weight is 443 g/mol. The molecule has 4 rings (SSSR count). The Labute approximate surface area is 199 Å². The van der Waals surface area contributed by atoms with Gasteiger partial charge < -0.3 is 5.32 Å². The fraction of sp³-hybridized carbons (Fsp3) is 0.433. The van der Waals surface area contributed by atoms with Gasteiger partial charge in [-0.1, -0.05) is 87.5 Å². The molecule has 3 nitrogen and oxygen atoms in total. The molecule has 2 aliphatic rings. The highest BCUT2D eigenvalue weighted by molar-refractivity contribution is 6.04. The van der Waals surface area contributed by atoms with Gasteiger partial charge in [-0.25, -0.2) is 0 Å². The third-order valence-electron chi connectivity index (χ3n) is 7.12. The molecule has 0 aromatic heterocycles. The largest absolute Gasteiger partial charge is 0.310 e. The Bertz CT molecular complexity index is 974. The molecule has 2 aromatic carbocycles. The minimum absolute atomic E-state index is 0.111. The molecule has 1 atom stereocenters. The van der Waals surface area contributed by atoms with Crippen LogP contribution in [0, 0.1) is 11.3 Å². The van der Waals surface area contributed by atoms with Gasteiger partial charge in [0.05, 0.1) is 0 Å². The van der Waals surface area contributed by atoms with Crippen LogP contribution in [0.5, 0.6) is 0 Å². The first-order chi connectivity index (χ1) is 15.9. The average Bonchev–Trinajstić information content (AvgIpc) is 2.84. The molecule has 2 aromatic rings. The Morgan fingerprint density at radius 3 is 2.39 bits per heavy atom. The zero-order chi connectivity index (χ0) is 23.3. The number of piperidine rings is 1. The molecule has 1 unspecified atom stereocenters. The number of benzene rings is 2. The van der Waals surface area contributed by atoms with Crippen LogP contribution in [0.25, 0.3) is 5.57 Å². The number of allylic oxidation sites excluding steroid dienone is 2. The molecule has 0 aliphatic carbocycles. The fourth-order valence-electron chi connectivity index (χ4n) is 4.86. The summed E-state index contributed by atoms with van der Waals surface area (Å²) in [5.41, 5.74) is 5.00. The normalized spacial score (nSPS) is 20.7. The first-order valence-corrected chi connectivity index (χ1v) is 12.4. The molecule has 33 heavy (non-hydrogen) atoms. The highest BCUT2D eigenvalue weighted by Crippen LogP contribution is 2.31. The van der Waals surface area contributed by atoms with Crippen molar-refractivity contribution in [2.24, 2.45) is 11.3 Å². The van der Waals surface area contributed by atoms with Crippen LogP contribution in [-0.4, -0.2) is 36.4 Å². The van der Waals surface area contributed by atoms with Gasteiger partial charge in [0.25, 0.3) is 0 Å². The second-order valence-electron chi connectivity index (χ2n) is 10.7. The third-order valence-corrected chi connectivity index (χ3v) is 7.12. The van der Waals surface area contributed by atoms with Crippen molar-refractivity contribution in [3.8, 4) is 0 Å². The van der Waals surface area contributed by atoms with Crippen molar-refractivity contribution in [3.63, 3.8) is 0 Å². The molecule has 1 saturated heterocycles. The first kappa shape index (κ1) is 23.7. The van der Waals surface area contributed by atoms with E-state index in [0.717, 1.165) is 51.0 Å². The van der Waals surface area contributed by atoms with Crippen molar-refractivity contribution in [2.45, 2.75) is 52.6 Å². The summed E-state index contributed by atoms with van der Waals surface area (Å²) < 4.78 is 0. The highest BCUT2D eigenvalue weighted by Gasteiger charge is 2.27. The number of likely N-dealkylation sites (tertiary alicyclic amines) is 1. The molecular formula is C30H38N2O. The van der Waals surface area contributed by atoms with Crippen molar-refractivity contribution in [3.05, 3.63) is 89.5 Å². The molecule has 174 valence electrons. The number of nitrogens with zero attached hydrogens (tertiary/aromatic N) is 1. The number of carbonyl (C=O) groups excluding carboxylic acids is 1. The lowest BCUT2D eigenvalue weighted by Gasteiger charge is -2.35. The monoisotopic (exact) mass is 442 g/mol. The Morgan fingerprint density at radius 2 is 1.73 bits per heavy atom. The van der Waals surface area contributed by atoms with Crippen LogP contribution in [0.15, 0.2) is 72.8 Å². The molecule has 2 aliphatic heterocycles. The number of rotatable bonds is 6. The van der Waals surface area contributed by atoms with Gasteiger partial charge in [-0.05, 0) is 66.5 Å². The minimum atomic E-state index is 0.111. The SMILES string of the molecule is CC(C)(C)C1CC(c2ccc(C(=O)C=CC3CCN(Cc4ccccc4)CC3)cc2)=CCN1. The lowest BCUT2D eigenvalue weighted by atomic mass is 9.80. The van der Waals surface area contributed by atoms with Crippen molar-refractivity contribution in [1.29, 1.82) is 0 Å². The molecule has 1 fully saturated rings. The second kappa shape index (κ2) is 10.6. The molecular weight excluding hydrogens is 404 g/mol. The van der Waals surface area contributed by atoms with Crippen LogP contribution < -0.4 is 5.32 Å². The summed E-state index contributed by atoms with van der Waals surface area (Å²) in [5.74, 6) is 0.606. The molecule has 3 heteroatoms. The van der Waals surface area contributed by atoms with Crippen molar-refractivity contribution in [1.82, 2.24) is 10.2 Å². The van der Waals surface area contributed by atoms with Crippen LogP contribution in [0.4, 0.5) is 0 Å². The van der Waals surface area contributed by atoms with Gasteiger partial charge in [0.1, 0.15) is 0 Å². The van der Waals surface area contributed by atoms with Gasteiger partial charge in [0.15, 0.2) is 5.78 Å². The number of ketones is 1. The summed E-state index contributed by atoms with van der Waals surface area (Å²) in [7, 11) is 0. The van der Waals surface area contributed by atoms with Gasteiger partial charge in [-0.15, -0.1) is 0 Å². The second-order valence-corrected chi connectivity index (χ2v) is 10.7. The molecule has 1 N–H and O–H groups in total. The predicted octanol–water partition coefficient (Wildman–Crippen LogP) is 6.13. The van der Waals surface area contributed by atoms with E-state index in [0.29, 0.717) is 12.0 Å². The van der Waals surface area contributed by atoms with Gasteiger partial charge in [-0.3, -0.25) is 9.69 Å². The zero-order valence-corrected chi connectivity index (χ0v) is 20.4. The Kier molecular flexibility index (Phi) is 7.62. The third kappa shape index (κ3) is 6.52. The summed E-state index contributed by atoms with van der Waals surface area (Å²) in [6.45, 7) is 11.0. The summed E-state index contributed by atoms with van der Waals surface area (Å²) >= 11 is 0. The molecule has 0 radical (unpaired) electrons. The summed E-state index contributed by atoms with van der Waals surface area (Å²) in [6.07, 6.45) is 9.48. The van der Waals surface area contributed by atoms with Crippen molar-refractivity contribution >= 4 is 11.4 Å². The van der Waals surface area contributed by atoms with Crippen LogP contribution in [-0.2, 0) is 6.54 Å². The van der Waals surface area contributed by atoms with Crippen molar-refractivity contribution in [2.75, 3.05) is 19.6 Å². The van der Waals surface area contributed by atoms with Gasteiger partial charge in [-0.2, -0.15) is 0 Å². The Hall–Kier alpha value is -2.49. The number of nitrogens with one attached hydrogen (secondary N) is 1. The van der Waals surface area contributed by atoms with Crippen LogP contribution in [0.3, 0.4) is 0 Å². The number of hydrogen-bond donors (Lipinski definition) is 1. The van der Waals surface area contributed by atoms with E-state index in [2.05, 4.69) is 85.6 Å². The standard InChI is InChI=1S/C30H38N2O/c1-30(2,3)29-21-27(15-18-31-29)25-10-12-26(13-11-25)28(33)14-9-23-16-19-32(20-17-23)22-24-7-5-4-6-8-24/h4-15,23,29,31H,16-22H2,1-3H3.